The molecule has 162 valence electrons. The van der Waals surface area contributed by atoms with Crippen molar-refractivity contribution < 1.29 is 23.9 Å². The second-order valence-electron chi connectivity index (χ2n) is 7.44. The molecule has 4 rings (SSSR count). The first-order valence-electron chi connectivity index (χ1n) is 9.69. The summed E-state index contributed by atoms with van der Waals surface area (Å²) in [5.74, 6) is -0.153. The van der Waals surface area contributed by atoms with Crippen molar-refractivity contribution in [1.29, 1.82) is 0 Å². The Hall–Kier alpha value is -2.77. The highest BCUT2D eigenvalue weighted by molar-refractivity contribution is 6.43. The fourth-order valence-electron chi connectivity index (χ4n) is 3.65. The quantitative estimate of drug-likeness (QED) is 0.584. The molecule has 1 fully saturated rings. The second kappa shape index (κ2) is 8.40. The van der Waals surface area contributed by atoms with Crippen LogP contribution in [0.2, 0.25) is 10.0 Å². The number of benzene rings is 2. The molecule has 0 bridgehead atoms. The number of hydrogen-bond acceptors (Lipinski definition) is 5. The predicted octanol–water partition coefficient (Wildman–Crippen LogP) is 3.80. The minimum Gasteiger partial charge on any atom is -0.497 e. The van der Waals surface area contributed by atoms with E-state index >= 15 is 0 Å². The van der Waals surface area contributed by atoms with E-state index in [1.807, 2.05) is 6.07 Å². The number of fused-ring (bicyclic) bond motifs is 1. The number of carbonyl (C=O) groups excluding carboxylic acids is 3. The topological polar surface area (TPSA) is 76.2 Å². The fourth-order valence-corrected chi connectivity index (χ4v) is 3.98. The maximum atomic E-state index is 13.2. The van der Waals surface area contributed by atoms with Crippen LogP contribution >= 0.6 is 23.2 Å². The lowest BCUT2D eigenvalue weighted by Crippen LogP contribution is -2.43. The molecule has 1 saturated carbocycles. The number of carbonyl (C=O) groups is 3. The van der Waals surface area contributed by atoms with Gasteiger partial charge in [-0.05, 0) is 43.2 Å². The van der Waals surface area contributed by atoms with E-state index in [0.717, 1.165) is 23.3 Å². The second-order valence-corrected chi connectivity index (χ2v) is 8.25. The zero-order valence-electron chi connectivity index (χ0n) is 17.0. The van der Waals surface area contributed by atoms with Crippen molar-refractivity contribution in [3.63, 3.8) is 0 Å². The zero-order chi connectivity index (χ0) is 22.3. The maximum absolute atomic E-state index is 13.2. The van der Waals surface area contributed by atoms with Crippen LogP contribution in [0.5, 0.6) is 11.5 Å². The molecule has 0 unspecified atom stereocenters. The molecule has 2 aromatic carbocycles. The van der Waals surface area contributed by atoms with Gasteiger partial charge in [-0.15, -0.1) is 0 Å². The van der Waals surface area contributed by atoms with E-state index in [1.54, 1.807) is 31.3 Å². The number of imide groups is 1. The summed E-state index contributed by atoms with van der Waals surface area (Å²) in [5.41, 5.74) is 1.09. The summed E-state index contributed by atoms with van der Waals surface area (Å²) < 4.78 is 10.7. The molecule has 7 nitrogen and oxygen atoms in total. The Morgan fingerprint density at radius 3 is 2.16 bits per heavy atom. The third-order valence-corrected chi connectivity index (χ3v) is 6.16. The normalized spacial score (nSPS) is 15.2. The summed E-state index contributed by atoms with van der Waals surface area (Å²) in [6.07, 6.45) is 1.73. The van der Waals surface area contributed by atoms with Crippen LogP contribution in [-0.2, 0) is 11.3 Å². The molecule has 2 aliphatic rings. The molecule has 0 atom stereocenters. The Bertz CT molecular complexity index is 1040. The van der Waals surface area contributed by atoms with Gasteiger partial charge in [0, 0.05) is 18.2 Å². The minimum absolute atomic E-state index is 0.0579. The van der Waals surface area contributed by atoms with E-state index in [9.17, 15) is 14.4 Å². The molecule has 0 spiro atoms. The summed E-state index contributed by atoms with van der Waals surface area (Å²) in [6, 6.07) is 8.16. The van der Waals surface area contributed by atoms with Gasteiger partial charge in [-0.3, -0.25) is 19.3 Å². The van der Waals surface area contributed by atoms with Crippen molar-refractivity contribution >= 4 is 40.9 Å². The third-order valence-electron chi connectivity index (χ3n) is 5.44. The highest BCUT2D eigenvalue weighted by Crippen LogP contribution is 2.34. The van der Waals surface area contributed by atoms with Gasteiger partial charge in [-0.1, -0.05) is 23.2 Å². The molecule has 31 heavy (non-hydrogen) atoms. The first-order valence-corrected chi connectivity index (χ1v) is 10.4. The number of halogens is 2. The van der Waals surface area contributed by atoms with Crippen molar-refractivity contribution in [3.05, 3.63) is 57.1 Å². The summed E-state index contributed by atoms with van der Waals surface area (Å²) in [7, 11) is 3.12. The number of nitrogens with zero attached hydrogens (tertiary/aromatic N) is 2. The van der Waals surface area contributed by atoms with Crippen LogP contribution in [0.1, 0.15) is 39.1 Å². The molecular weight excluding hydrogens is 443 g/mol. The average molecular weight is 463 g/mol. The van der Waals surface area contributed by atoms with E-state index in [4.69, 9.17) is 32.7 Å². The van der Waals surface area contributed by atoms with Crippen molar-refractivity contribution in [1.82, 2.24) is 9.80 Å². The van der Waals surface area contributed by atoms with Gasteiger partial charge in [0.2, 0.25) is 5.91 Å². The van der Waals surface area contributed by atoms with E-state index in [2.05, 4.69) is 0 Å². The summed E-state index contributed by atoms with van der Waals surface area (Å²) in [4.78, 5) is 41.3. The van der Waals surface area contributed by atoms with Gasteiger partial charge < -0.3 is 14.4 Å². The average Bonchev–Trinajstić information content (AvgIpc) is 3.58. The molecule has 1 aliphatic carbocycles. The van der Waals surface area contributed by atoms with E-state index in [-0.39, 0.29) is 46.2 Å². The Balaban J connectivity index is 1.56. The molecule has 3 amide bonds. The number of amides is 3. The molecule has 0 N–H and O–H groups in total. The lowest BCUT2D eigenvalue weighted by molar-refractivity contribution is -0.132. The Morgan fingerprint density at radius 1 is 1.03 bits per heavy atom. The molecular formula is C22H20Cl2N2O5. The Morgan fingerprint density at radius 2 is 1.65 bits per heavy atom. The highest BCUT2D eigenvalue weighted by Gasteiger charge is 2.40. The highest BCUT2D eigenvalue weighted by atomic mass is 35.5. The van der Waals surface area contributed by atoms with Gasteiger partial charge >= 0.3 is 0 Å². The van der Waals surface area contributed by atoms with Crippen LogP contribution in [0.25, 0.3) is 0 Å². The summed E-state index contributed by atoms with van der Waals surface area (Å²) in [6.45, 7) is -0.0743. The maximum Gasteiger partial charge on any atom is 0.262 e. The number of methoxy groups -OCH3 is 2. The first-order chi connectivity index (χ1) is 14.8. The molecule has 0 radical (unpaired) electrons. The first kappa shape index (κ1) is 21.5. The van der Waals surface area contributed by atoms with Crippen LogP contribution in [0.4, 0.5) is 0 Å². The fraction of sp³-hybridized carbons (Fsp3) is 0.318. The molecule has 0 saturated heterocycles. The number of hydrogen-bond donors (Lipinski definition) is 0. The van der Waals surface area contributed by atoms with Crippen molar-refractivity contribution in [2.45, 2.75) is 25.4 Å². The van der Waals surface area contributed by atoms with Gasteiger partial charge in [-0.25, -0.2) is 0 Å². The standard InChI is InChI=1S/C22H20Cl2N2O5/c1-30-14-5-6-19(31-2)12(7-14)10-25(13-3-4-13)20(27)11-26-21(28)15-8-17(23)18(24)9-16(15)22(26)29/h5-9,13H,3-4,10-11H2,1-2H3. The molecule has 2 aromatic rings. The third kappa shape index (κ3) is 4.07. The molecule has 1 heterocycles. The largest absolute Gasteiger partial charge is 0.497 e. The lowest BCUT2D eigenvalue weighted by atomic mass is 10.1. The SMILES string of the molecule is COc1ccc(OC)c(CN(C(=O)CN2C(=O)c3cc(Cl)c(Cl)cc3C2=O)C2CC2)c1. The Kier molecular flexibility index (Phi) is 5.81. The van der Waals surface area contributed by atoms with Crippen molar-refractivity contribution in [2.24, 2.45) is 0 Å². The summed E-state index contributed by atoms with van der Waals surface area (Å²) >= 11 is 12.0. The predicted molar refractivity (Wildman–Crippen MR) is 115 cm³/mol. The van der Waals surface area contributed by atoms with Crippen LogP contribution < -0.4 is 9.47 Å². The van der Waals surface area contributed by atoms with Crippen LogP contribution in [0.15, 0.2) is 30.3 Å². The van der Waals surface area contributed by atoms with E-state index in [0.29, 0.717) is 11.5 Å². The van der Waals surface area contributed by atoms with Gasteiger partial charge in [-0.2, -0.15) is 0 Å². The van der Waals surface area contributed by atoms with E-state index < -0.39 is 11.8 Å². The minimum atomic E-state index is -0.554. The lowest BCUT2D eigenvalue weighted by Gasteiger charge is -2.25. The van der Waals surface area contributed by atoms with Crippen LogP contribution in [0.3, 0.4) is 0 Å². The number of rotatable bonds is 7. The van der Waals surface area contributed by atoms with Gasteiger partial charge in [0.05, 0.1) is 35.4 Å². The smallest absolute Gasteiger partial charge is 0.262 e. The molecule has 1 aliphatic heterocycles. The van der Waals surface area contributed by atoms with Gasteiger partial charge in [0.15, 0.2) is 0 Å². The van der Waals surface area contributed by atoms with Crippen molar-refractivity contribution in [2.75, 3.05) is 20.8 Å². The Labute approximate surface area is 189 Å². The van der Waals surface area contributed by atoms with Crippen LogP contribution in [-0.4, -0.2) is 54.3 Å². The molecule has 0 aromatic heterocycles. The van der Waals surface area contributed by atoms with Crippen molar-refractivity contribution in [3.8, 4) is 11.5 Å². The van der Waals surface area contributed by atoms with Gasteiger partial charge in [0.1, 0.15) is 18.0 Å². The molecule has 9 heteroatoms. The monoisotopic (exact) mass is 462 g/mol. The van der Waals surface area contributed by atoms with E-state index in [1.165, 1.54) is 12.1 Å². The zero-order valence-corrected chi connectivity index (χ0v) is 18.5. The van der Waals surface area contributed by atoms with Crippen LogP contribution in [0, 0.1) is 0 Å². The van der Waals surface area contributed by atoms with Gasteiger partial charge in [0.25, 0.3) is 11.8 Å². The summed E-state index contributed by atoms with van der Waals surface area (Å²) in [5, 5.41) is 0.360. The number of ether oxygens (including phenoxy) is 2.